The number of hydrogen-bond acceptors (Lipinski definition) is 4. The number of nitrogens with one attached hydrogen (secondary N) is 2. The first-order chi connectivity index (χ1) is 8.99. The van der Waals surface area contributed by atoms with Crippen LogP contribution < -0.4 is 15.4 Å². The zero-order valence-electron chi connectivity index (χ0n) is 10.1. The van der Waals surface area contributed by atoms with Crippen molar-refractivity contribution in [2.45, 2.75) is 13.0 Å². The van der Waals surface area contributed by atoms with Crippen molar-refractivity contribution in [2.75, 3.05) is 11.9 Å². The average Bonchev–Trinajstić information content (AvgIpc) is 2.36. The Bertz CT molecular complexity index is 555. The molecule has 0 bridgehead atoms. The van der Waals surface area contributed by atoms with Crippen LogP contribution in [0.5, 0.6) is 5.75 Å². The summed E-state index contributed by atoms with van der Waals surface area (Å²) in [6.07, 6.45) is -0.707. The van der Waals surface area contributed by atoms with Gasteiger partial charge in [0.05, 0.1) is 11.3 Å². The van der Waals surface area contributed by atoms with Gasteiger partial charge in [-0.25, -0.2) is 0 Å². The molecule has 0 radical (unpaired) electrons. The standard InChI is InChI=1S/C12H12N2O5/c1-6-11(17)14-8-4-2-3-7(10(8)19-6)12(18)13-5-9(15)16/h2-4,6H,5H2,1H3,(H,13,18)(H,14,17)(H,15,16). The number of rotatable bonds is 3. The third kappa shape index (κ3) is 2.65. The lowest BCUT2D eigenvalue weighted by Gasteiger charge is -2.24. The number of para-hydroxylation sites is 1. The molecular weight excluding hydrogens is 252 g/mol. The second-order valence-electron chi connectivity index (χ2n) is 4.01. The number of benzene rings is 1. The molecule has 0 saturated heterocycles. The quantitative estimate of drug-likeness (QED) is 0.724. The van der Waals surface area contributed by atoms with Crippen LogP contribution in [0.2, 0.25) is 0 Å². The third-order valence-corrected chi connectivity index (χ3v) is 2.58. The van der Waals surface area contributed by atoms with Gasteiger partial charge in [0.2, 0.25) is 0 Å². The number of carboxylic acids is 1. The lowest BCUT2D eigenvalue weighted by atomic mass is 10.1. The Morgan fingerprint density at radius 3 is 2.89 bits per heavy atom. The van der Waals surface area contributed by atoms with Gasteiger partial charge < -0.3 is 20.5 Å². The van der Waals surface area contributed by atoms with Gasteiger partial charge in [0.25, 0.3) is 11.8 Å². The van der Waals surface area contributed by atoms with Gasteiger partial charge in [-0.1, -0.05) is 6.07 Å². The largest absolute Gasteiger partial charge is 0.480 e. The lowest BCUT2D eigenvalue weighted by Crippen LogP contribution is -2.36. The van der Waals surface area contributed by atoms with Crippen LogP contribution >= 0.6 is 0 Å². The van der Waals surface area contributed by atoms with Crippen LogP contribution in [0.3, 0.4) is 0 Å². The molecule has 19 heavy (non-hydrogen) atoms. The van der Waals surface area contributed by atoms with E-state index in [1.807, 2.05) is 0 Å². The van der Waals surface area contributed by atoms with Crippen LogP contribution in [0.15, 0.2) is 18.2 Å². The van der Waals surface area contributed by atoms with Crippen molar-refractivity contribution < 1.29 is 24.2 Å². The Kier molecular flexibility index (Phi) is 3.37. The van der Waals surface area contributed by atoms with Crippen LogP contribution in [0, 0.1) is 0 Å². The molecule has 1 aromatic carbocycles. The molecule has 0 fully saturated rings. The van der Waals surface area contributed by atoms with Crippen molar-refractivity contribution in [3.05, 3.63) is 23.8 Å². The van der Waals surface area contributed by atoms with Crippen LogP contribution in [0.25, 0.3) is 0 Å². The fourth-order valence-electron chi connectivity index (χ4n) is 1.66. The van der Waals surface area contributed by atoms with Crippen molar-refractivity contribution in [1.29, 1.82) is 0 Å². The zero-order chi connectivity index (χ0) is 14.0. The van der Waals surface area contributed by atoms with Gasteiger partial charge in [-0.05, 0) is 19.1 Å². The summed E-state index contributed by atoms with van der Waals surface area (Å²) in [5.41, 5.74) is 0.580. The molecule has 100 valence electrons. The molecule has 0 saturated carbocycles. The highest BCUT2D eigenvalue weighted by Gasteiger charge is 2.27. The van der Waals surface area contributed by atoms with E-state index < -0.39 is 24.5 Å². The number of carbonyl (C=O) groups is 3. The summed E-state index contributed by atoms with van der Waals surface area (Å²) in [6, 6.07) is 4.68. The maximum absolute atomic E-state index is 11.8. The second-order valence-corrected chi connectivity index (χ2v) is 4.01. The first-order valence-corrected chi connectivity index (χ1v) is 5.59. The van der Waals surface area contributed by atoms with Crippen LogP contribution in [0.1, 0.15) is 17.3 Å². The van der Waals surface area contributed by atoms with Crippen molar-refractivity contribution in [2.24, 2.45) is 0 Å². The minimum Gasteiger partial charge on any atom is -0.480 e. The van der Waals surface area contributed by atoms with Crippen molar-refractivity contribution >= 4 is 23.5 Å². The van der Waals surface area contributed by atoms with Gasteiger partial charge in [0.1, 0.15) is 6.54 Å². The molecule has 1 unspecified atom stereocenters. The van der Waals surface area contributed by atoms with Gasteiger partial charge in [0.15, 0.2) is 11.9 Å². The smallest absolute Gasteiger partial charge is 0.322 e. The maximum atomic E-state index is 11.8. The molecule has 1 aromatic rings. The SMILES string of the molecule is CC1Oc2c(cccc2C(=O)NCC(=O)O)NC1=O. The minimum absolute atomic E-state index is 0.186. The molecule has 1 heterocycles. The van der Waals surface area contributed by atoms with E-state index in [1.165, 1.54) is 6.07 Å². The van der Waals surface area contributed by atoms with E-state index in [-0.39, 0.29) is 17.2 Å². The summed E-state index contributed by atoms with van der Waals surface area (Å²) < 4.78 is 5.38. The Labute approximate surface area is 108 Å². The maximum Gasteiger partial charge on any atom is 0.322 e. The molecular formula is C12H12N2O5. The molecule has 1 aliphatic rings. The predicted octanol–water partition coefficient (Wildman–Crippen LogP) is 0.220. The predicted molar refractivity (Wildman–Crippen MR) is 65.1 cm³/mol. The summed E-state index contributed by atoms with van der Waals surface area (Å²) in [6.45, 7) is 1.08. The van der Waals surface area contributed by atoms with Crippen molar-refractivity contribution in [1.82, 2.24) is 5.32 Å². The number of anilines is 1. The number of carbonyl (C=O) groups excluding carboxylic acids is 2. The van der Waals surface area contributed by atoms with Crippen molar-refractivity contribution in [3.63, 3.8) is 0 Å². The molecule has 2 amide bonds. The molecule has 2 rings (SSSR count). The average molecular weight is 264 g/mol. The second kappa shape index (κ2) is 4.97. The highest BCUT2D eigenvalue weighted by molar-refractivity contribution is 6.04. The fraction of sp³-hybridized carbons (Fsp3) is 0.250. The Hall–Kier alpha value is -2.57. The first kappa shape index (κ1) is 12.9. The molecule has 1 aliphatic heterocycles. The van der Waals surface area contributed by atoms with E-state index >= 15 is 0 Å². The van der Waals surface area contributed by atoms with Gasteiger partial charge in [0, 0.05) is 0 Å². The number of ether oxygens (including phenoxy) is 1. The number of hydrogen-bond donors (Lipinski definition) is 3. The van der Waals surface area contributed by atoms with E-state index in [9.17, 15) is 14.4 Å². The van der Waals surface area contributed by atoms with E-state index in [0.29, 0.717) is 5.69 Å². The highest BCUT2D eigenvalue weighted by atomic mass is 16.5. The monoisotopic (exact) mass is 264 g/mol. The summed E-state index contributed by atoms with van der Waals surface area (Å²) >= 11 is 0. The molecule has 0 aromatic heterocycles. The first-order valence-electron chi connectivity index (χ1n) is 5.59. The van der Waals surface area contributed by atoms with Crippen LogP contribution in [-0.4, -0.2) is 35.5 Å². The van der Waals surface area contributed by atoms with Crippen LogP contribution in [0.4, 0.5) is 5.69 Å². The van der Waals surface area contributed by atoms with Gasteiger partial charge in [-0.2, -0.15) is 0 Å². The molecule has 7 heteroatoms. The fourth-order valence-corrected chi connectivity index (χ4v) is 1.66. The zero-order valence-corrected chi connectivity index (χ0v) is 10.1. The van der Waals surface area contributed by atoms with E-state index in [2.05, 4.69) is 10.6 Å². The normalized spacial score (nSPS) is 16.9. The number of aliphatic carboxylic acids is 1. The molecule has 0 spiro atoms. The number of carboxylic acid groups (broad SMARTS) is 1. The summed E-state index contributed by atoms with van der Waals surface area (Å²) in [4.78, 5) is 33.7. The Balaban J connectivity index is 2.28. The number of amides is 2. The van der Waals surface area contributed by atoms with E-state index in [0.717, 1.165) is 0 Å². The van der Waals surface area contributed by atoms with Gasteiger partial charge >= 0.3 is 5.97 Å². The molecule has 7 nitrogen and oxygen atoms in total. The van der Waals surface area contributed by atoms with Gasteiger partial charge in [-0.15, -0.1) is 0 Å². The number of fused-ring (bicyclic) bond motifs is 1. The van der Waals surface area contributed by atoms with Crippen molar-refractivity contribution in [3.8, 4) is 5.75 Å². The van der Waals surface area contributed by atoms with E-state index in [1.54, 1.807) is 19.1 Å². The molecule has 0 aliphatic carbocycles. The summed E-state index contributed by atoms with van der Waals surface area (Å²) in [5.74, 6) is -1.75. The Morgan fingerprint density at radius 1 is 1.47 bits per heavy atom. The highest BCUT2D eigenvalue weighted by Crippen LogP contribution is 2.33. The van der Waals surface area contributed by atoms with Crippen LogP contribution in [-0.2, 0) is 9.59 Å². The topological polar surface area (TPSA) is 105 Å². The third-order valence-electron chi connectivity index (χ3n) is 2.58. The molecule has 1 atom stereocenters. The molecule has 3 N–H and O–H groups in total. The lowest BCUT2D eigenvalue weighted by molar-refractivity contribution is -0.135. The summed E-state index contributed by atoms with van der Waals surface area (Å²) in [5, 5.41) is 13.4. The minimum atomic E-state index is -1.14. The summed E-state index contributed by atoms with van der Waals surface area (Å²) in [7, 11) is 0. The Morgan fingerprint density at radius 2 is 2.21 bits per heavy atom. The van der Waals surface area contributed by atoms with Gasteiger partial charge in [-0.3, -0.25) is 14.4 Å². The van der Waals surface area contributed by atoms with E-state index in [4.69, 9.17) is 9.84 Å².